The van der Waals surface area contributed by atoms with Crippen LogP contribution in [-0.2, 0) is 17.9 Å². The highest BCUT2D eigenvalue weighted by molar-refractivity contribution is 5.72. The van der Waals surface area contributed by atoms with Crippen LogP contribution >= 0.6 is 0 Å². The third-order valence-corrected chi connectivity index (χ3v) is 5.86. The lowest BCUT2D eigenvalue weighted by molar-refractivity contribution is 0.0813. The number of amides is 1. The summed E-state index contributed by atoms with van der Waals surface area (Å²) in [5.41, 5.74) is 5.41. The highest BCUT2D eigenvalue weighted by Gasteiger charge is 2.30. The zero-order valence-corrected chi connectivity index (χ0v) is 17.7. The predicted molar refractivity (Wildman–Crippen MR) is 117 cm³/mol. The van der Waals surface area contributed by atoms with Gasteiger partial charge in [0.25, 0.3) is 0 Å². The minimum Gasteiger partial charge on any atom is -0.439 e. The number of carbonyl (C=O) groups is 1. The Labute approximate surface area is 181 Å². The molecule has 3 aromatic rings. The van der Waals surface area contributed by atoms with Crippen molar-refractivity contribution in [3.8, 4) is 0 Å². The van der Waals surface area contributed by atoms with E-state index < -0.39 is 0 Å². The summed E-state index contributed by atoms with van der Waals surface area (Å²) in [6.07, 6.45) is 0.528. The molecule has 0 fully saturated rings. The van der Waals surface area contributed by atoms with Crippen molar-refractivity contribution >= 4 is 17.2 Å². The molecule has 0 unspecified atom stereocenters. The number of carbonyl (C=O) groups excluding carboxylic acids is 1. The monoisotopic (exact) mass is 418 g/mol. The summed E-state index contributed by atoms with van der Waals surface area (Å²) in [6.45, 7) is 3.95. The number of para-hydroxylation sites is 2. The van der Waals surface area contributed by atoms with Gasteiger partial charge < -0.3 is 19.0 Å². The maximum absolute atomic E-state index is 12.7. The number of benzene rings is 2. The van der Waals surface area contributed by atoms with Crippen molar-refractivity contribution < 1.29 is 13.9 Å². The van der Waals surface area contributed by atoms with E-state index in [0.29, 0.717) is 24.6 Å². The van der Waals surface area contributed by atoms with Gasteiger partial charge in [-0.3, -0.25) is 4.90 Å². The molecule has 7 nitrogen and oxygen atoms in total. The smallest absolute Gasteiger partial charge is 0.410 e. The van der Waals surface area contributed by atoms with Crippen molar-refractivity contribution in [1.29, 1.82) is 0 Å². The van der Waals surface area contributed by atoms with Crippen molar-refractivity contribution in [2.45, 2.75) is 19.6 Å². The summed E-state index contributed by atoms with van der Waals surface area (Å²) >= 11 is 0. The summed E-state index contributed by atoms with van der Waals surface area (Å²) < 4.78 is 11.2. The second-order valence-corrected chi connectivity index (χ2v) is 8.16. The predicted octanol–water partition coefficient (Wildman–Crippen LogP) is 3.83. The van der Waals surface area contributed by atoms with Crippen molar-refractivity contribution in [2.75, 3.05) is 33.4 Å². The Hall–Kier alpha value is -3.32. The van der Waals surface area contributed by atoms with E-state index in [1.807, 2.05) is 30.3 Å². The summed E-state index contributed by atoms with van der Waals surface area (Å²) in [5, 5.41) is 0. The first-order chi connectivity index (χ1) is 15.2. The van der Waals surface area contributed by atoms with Crippen LogP contribution in [0.5, 0.6) is 0 Å². The molecule has 0 bridgehead atoms. The van der Waals surface area contributed by atoms with Gasteiger partial charge in [0.15, 0.2) is 12.2 Å². The first kappa shape index (κ1) is 19.6. The molecule has 7 heteroatoms. The number of oxazole rings is 1. The Kier molecular flexibility index (Phi) is 5.34. The van der Waals surface area contributed by atoms with E-state index in [-0.39, 0.29) is 12.7 Å². The van der Waals surface area contributed by atoms with Crippen molar-refractivity contribution in [3.63, 3.8) is 0 Å². The Morgan fingerprint density at radius 3 is 2.74 bits per heavy atom. The molecule has 1 amide bonds. The van der Waals surface area contributed by atoms with Gasteiger partial charge in [0, 0.05) is 45.3 Å². The number of hydrogen-bond acceptors (Lipinski definition) is 6. The van der Waals surface area contributed by atoms with Crippen molar-refractivity contribution in [3.05, 3.63) is 77.3 Å². The Balaban J connectivity index is 1.20. The summed E-state index contributed by atoms with van der Waals surface area (Å²) in [5.74, 6) is 0.415. The molecule has 160 valence electrons. The number of ether oxygens (including phenoxy) is 1. The van der Waals surface area contributed by atoms with Gasteiger partial charge in [0.05, 0.1) is 6.67 Å². The molecule has 0 N–H and O–H groups in total. The third-order valence-electron chi connectivity index (χ3n) is 5.86. The second kappa shape index (κ2) is 8.43. The number of hydrogen-bond donors (Lipinski definition) is 0. The van der Waals surface area contributed by atoms with Gasteiger partial charge in [-0.2, -0.15) is 0 Å². The van der Waals surface area contributed by atoms with Crippen molar-refractivity contribution in [2.24, 2.45) is 0 Å². The lowest BCUT2D eigenvalue weighted by Gasteiger charge is -2.42. The lowest BCUT2D eigenvalue weighted by atomic mass is 10.0. The standard InChI is InChI=1S/C24H26N4O3/c1-26-17-27(13-18-7-3-2-4-8-18)14-19-15-28(12-11-21(19)26)24(29)30-16-23-25-20-9-5-6-10-22(20)31-23/h2-10H,11-17H2,1H3. The van der Waals surface area contributed by atoms with Crippen LogP contribution in [0, 0.1) is 0 Å². The summed E-state index contributed by atoms with van der Waals surface area (Å²) in [4.78, 5) is 23.6. The van der Waals surface area contributed by atoms with Crippen LogP contribution in [0.25, 0.3) is 11.1 Å². The molecular weight excluding hydrogens is 392 g/mol. The van der Waals surface area contributed by atoms with Gasteiger partial charge in [-0.15, -0.1) is 0 Å². The van der Waals surface area contributed by atoms with Gasteiger partial charge in [-0.05, 0) is 23.3 Å². The fourth-order valence-electron chi connectivity index (χ4n) is 4.43. The SMILES string of the molecule is CN1CN(Cc2ccccc2)CC2=C1CCN(C(=O)OCc1nc3ccccc3o1)C2. The maximum atomic E-state index is 12.7. The molecule has 5 rings (SSSR count). The second-order valence-electron chi connectivity index (χ2n) is 8.16. The Morgan fingerprint density at radius 1 is 1.10 bits per heavy atom. The highest BCUT2D eigenvalue weighted by Crippen LogP contribution is 2.27. The molecule has 0 saturated carbocycles. The topological polar surface area (TPSA) is 62.0 Å². The van der Waals surface area contributed by atoms with Crippen LogP contribution in [0.2, 0.25) is 0 Å². The van der Waals surface area contributed by atoms with E-state index in [9.17, 15) is 4.79 Å². The minimum absolute atomic E-state index is 0.0377. The third kappa shape index (κ3) is 4.27. The van der Waals surface area contributed by atoms with E-state index in [2.05, 4.69) is 46.1 Å². The molecule has 1 aromatic heterocycles. The molecule has 0 aliphatic carbocycles. The summed E-state index contributed by atoms with van der Waals surface area (Å²) in [7, 11) is 2.13. The molecule has 2 aromatic carbocycles. The van der Waals surface area contributed by atoms with Crippen molar-refractivity contribution in [1.82, 2.24) is 19.7 Å². The normalized spacial score (nSPS) is 17.2. The van der Waals surface area contributed by atoms with Crippen LogP contribution in [-0.4, -0.2) is 59.1 Å². The molecule has 2 aliphatic heterocycles. The number of aromatic nitrogens is 1. The first-order valence-corrected chi connectivity index (χ1v) is 10.6. The molecule has 3 heterocycles. The zero-order valence-electron chi connectivity index (χ0n) is 17.7. The highest BCUT2D eigenvalue weighted by atomic mass is 16.6. The number of fused-ring (bicyclic) bond motifs is 1. The first-order valence-electron chi connectivity index (χ1n) is 10.6. The van der Waals surface area contributed by atoms with Crippen LogP contribution in [0.4, 0.5) is 4.79 Å². The van der Waals surface area contributed by atoms with Gasteiger partial charge in [-0.1, -0.05) is 42.5 Å². The van der Waals surface area contributed by atoms with E-state index in [4.69, 9.17) is 9.15 Å². The quantitative estimate of drug-likeness (QED) is 0.642. The zero-order chi connectivity index (χ0) is 21.2. The van der Waals surface area contributed by atoms with E-state index in [1.165, 1.54) is 16.8 Å². The van der Waals surface area contributed by atoms with Crippen LogP contribution in [0.3, 0.4) is 0 Å². The van der Waals surface area contributed by atoms with Gasteiger partial charge in [0.1, 0.15) is 5.52 Å². The molecule has 2 aliphatic rings. The molecule has 31 heavy (non-hydrogen) atoms. The number of rotatable bonds is 4. The molecule has 0 spiro atoms. The molecule has 0 radical (unpaired) electrons. The largest absolute Gasteiger partial charge is 0.439 e. The van der Waals surface area contributed by atoms with Crippen LogP contribution in [0.15, 0.2) is 70.3 Å². The average Bonchev–Trinajstić information content (AvgIpc) is 3.21. The van der Waals surface area contributed by atoms with Gasteiger partial charge >= 0.3 is 6.09 Å². The Bertz CT molecular complexity index is 1080. The summed E-state index contributed by atoms with van der Waals surface area (Å²) in [6, 6.07) is 18.0. The lowest BCUT2D eigenvalue weighted by Crippen LogP contribution is -2.48. The Morgan fingerprint density at radius 2 is 1.90 bits per heavy atom. The number of nitrogens with zero attached hydrogens (tertiary/aromatic N) is 4. The molecule has 0 atom stereocenters. The van der Waals surface area contributed by atoms with Gasteiger partial charge in [-0.25, -0.2) is 9.78 Å². The van der Waals surface area contributed by atoms with Crippen LogP contribution in [0.1, 0.15) is 17.9 Å². The van der Waals surface area contributed by atoms with E-state index in [1.54, 1.807) is 4.90 Å². The molecule has 0 saturated heterocycles. The minimum atomic E-state index is -0.323. The maximum Gasteiger partial charge on any atom is 0.410 e. The average molecular weight is 418 g/mol. The van der Waals surface area contributed by atoms with Gasteiger partial charge in [0.2, 0.25) is 5.89 Å². The van der Waals surface area contributed by atoms with Crippen LogP contribution < -0.4 is 0 Å². The van der Waals surface area contributed by atoms with E-state index >= 15 is 0 Å². The fourth-order valence-corrected chi connectivity index (χ4v) is 4.43. The fraction of sp³-hybridized carbons (Fsp3) is 0.333. The molecular formula is C24H26N4O3. The van der Waals surface area contributed by atoms with E-state index in [0.717, 1.165) is 31.7 Å².